The standard InChI is InChI=1S/C23H24N4.C8H17NO/c1-16-9-8-12-20(15-16)22(24-4)17(2)21-13-14-25-23(27-21)26-18(3)19-10-6-5-7-11-19;1-3-8(10)4-6-9(2)7-5-8/h5-15,18H,4H2,1-3H3,(H,25,26,27);10H,3-7H2,1-2H3/b22-17+;. The number of likely N-dealkylation sites (tertiary alicyclic amines) is 1. The Morgan fingerprint density at radius 2 is 1.84 bits per heavy atom. The minimum atomic E-state index is -0.341. The molecule has 1 unspecified atom stereocenters. The van der Waals surface area contributed by atoms with Gasteiger partial charge < -0.3 is 15.3 Å². The van der Waals surface area contributed by atoms with Crippen LogP contribution < -0.4 is 5.32 Å². The summed E-state index contributed by atoms with van der Waals surface area (Å²) in [5.41, 5.74) is 5.69. The van der Waals surface area contributed by atoms with E-state index < -0.39 is 0 Å². The fraction of sp³-hybridized carbons (Fsp3) is 0.387. The predicted molar refractivity (Wildman–Crippen MR) is 156 cm³/mol. The Labute approximate surface area is 222 Å². The van der Waals surface area contributed by atoms with Crippen molar-refractivity contribution < 1.29 is 5.11 Å². The van der Waals surface area contributed by atoms with E-state index in [1.165, 1.54) is 11.1 Å². The molecule has 0 radical (unpaired) electrons. The number of nitrogens with zero attached hydrogens (tertiary/aromatic N) is 4. The number of anilines is 1. The van der Waals surface area contributed by atoms with E-state index in [1.807, 2.05) is 43.3 Å². The molecule has 1 aliphatic rings. The molecule has 1 aromatic heterocycles. The molecule has 0 spiro atoms. The molecule has 0 bridgehead atoms. The highest BCUT2D eigenvalue weighted by molar-refractivity contribution is 5.89. The first-order valence-electron chi connectivity index (χ1n) is 13.0. The number of aliphatic hydroxyl groups is 1. The van der Waals surface area contributed by atoms with Gasteiger partial charge in [-0.15, -0.1) is 0 Å². The Morgan fingerprint density at radius 3 is 2.46 bits per heavy atom. The van der Waals surface area contributed by atoms with Crippen LogP contribution in [0.4, 0.5) is 5.95 Å². The van der Waals surface area contributed by atoms with Crippen molar-refractivity contribution in [2.24, 2.45) is 4.99 Å². The summed E-state index contributed by atoms with van der Waals surface area (Å²) in [5.74, 6) is 0.593. The number of hydrogen-bond acceptors (Lipinski definition) is 6. The fourth-order valence-corrected chi connectivity index (χ4v) is 4.38. The van der Waals surface area contributed by atoms with Crippen molar-refractivity contribution in [1.82, 2.24) is 14.9 Å². The first-order chi connectivity index (χ1) is 17.7. The first kappa shape index (κ1) is 28.2. The lowest BCUT2D eigenvalue weighted by Crippen LogP contribution is -2.42. The first-order valence-corrected chi connectivity index (χ1v) is 13.0. The summed E-state index contributed by atoms with van der Waals surface area (Å²) in [4.78, 5) is 15.6. The summed E-state index contributed by atoms with van der Waals surface area (Å²) in [7, 11) is 2.11. The Morgan fingerprint density at radius 1 is 1.14 bits per heavy atom. The molecule has 37 heavy (non-hydrogen) atoms. The number of allylic oxidation sites excluding steroid dienone is 1. The zero-order chi connectivity index (χ0) is 26.8. The second-order valence-electron chi connectivity index (χ2n) is 9.92. The summed E-state index contributed by atoms with van der Waals surface area (Å²) in [6, 6.07) is 20.5. The molecule has 196 valence electrons. The maximum absolute atomic E-state index is 9.77. The molecular formula is C31H41N5O. The van der Waals surface area contributed by atoms with Gasteiger partial charge in [-0.2, -0.15) is 0 Å². The van der Waals surface area contributed by atoms with E-state index in [1.54, 1.807) is 6.20 Å². The molecule has 0 amide bonds. The van der Waals surface area contributed by atoms with Crippen LogP contribution >= 0.6 is 0 Å². The van der Waals surface area contributed by atoms with E-state index in [2.05, 4.69) is 84.0 Å². The third-order valence-electron chi connectivity index (χ3n) is 7.07. The highest BCUT2D eigenvalue weighted by atomic mass is 16.3. The quantitative estimate of drug-likeness (QED) is 0.368. The number of aryl methyl sites for hydroxylation is 1. The molecule has 1 saturated heterocycles. The number of nitrogens with one attached hydrogen (secondary N) is 1. The zero-order valence-corrected chi connectivity index (χ0v) is 22.9. The number of piperidine rings is 1. The summed E-state index contributed by atoms with van der Waals surface area (Å²) >= 11 is 0. The van der Waals surface area contributed by atoms with Gasteiger partial charge in [0.2, 0.25) is 5.95 Å². The predicted octanol–water partition coefficient (Wildman–Crippen LogP) is 6.40. The normalized spacial score (nSPS) is 16.6. The molecular weight excluding hydrogens is 458 g/mol. The van der Waals surface area contributed by atoms with Gasteiger partial charge in [0.1, 0.15) is 0 Å². The lowest BCUT2D eigenvalue weighted by atomic mass is 9.89. The molecule has 3 aromatic rings. The number of rotatable bonds is 7. The smallest absolute Gasteiger partial charge is 0.223 e. The summed E-state index contributed by atoms with van der Waals surface area (Å²) in [5, 5.41) is 13.1. The van der Waals surface area contributed by atoms with E-state index in [0.29, 0.717) is 5.95 Å². The van der Waals surface area contributed by atoms with E-state index >= 15 is 0 Å². The molecule has 1 fully saturated rings. The van der Waals surface area contributed by atoms with Crippen molar-refractivity contribution in [3.05, 3.63) is 89.2 Å². The van der Waals surface area contributed by atoms with Crippen LogP contribution in [0.5, 0.6) is 0 Å². The monoisotopic (exact) mass is 499 g/mol. The van der Waals surface area contributed by atoms with E-state index in [0.717, 1.165) is 54.9 Å². The topological polar surface area (TPSA) is 73.6 Å². The highest BCUT2D eigenvalue weighted by Crippen LogP contribution is 2.27. The van der Waals surface area contributed by atoms with Gasteiger partial charge in [-0.3, -0.25) is 4.99 Å². The lowest BCUT2D eigenvalue weighted by molar-refractivity contribution is -0.0184. The van der Waals surface area contributed by atoms with Crippen molar-refractivity contribution in [3.63, 3.8) is 0 Å². The van der Waals surface area contributed by atoms with Gasteiger partial charge in [0.05, 0.1) is 23.0 Å². The highest BCUT2D eigenvalue weighted by Gasteiger charge is 2.28. The van der Waals surface area contributed by atoms with E-state index in [-0.39, 0.29) is 11.6 Å². The van der Waals surface area contributed by atoms with Crippen LogP contribution in [0, 0.1) is 6.92 Å². The van der Waals surface area contributed by atoms with Gasteiger partial charge in [-0.1, -0.05) is 61.0 Å². The van der Waals surface area contributed by atoms with Crippen LogP contribution in [0.1, 0.15) is 68.5 Å². The third kappa shape index (κ3) is 8.07. The minimum Gasteiger partial charge on any atom is -0.390 e. The Hall–Kier alpha value is -3.35. The molecule has 2 heterocycles. The van der Waals surface area contributed by atoms with Gasteiger partial charge in [0, 0.05) is 30.4 Å². The molecule has 1 aliphatic heterocycles. The second kappa shape index (κ2) is 13.3. The zero-order valence-electron chi connectivity index (χ0n) is 22.9. The molecule has 0 saturated carbocycles. The number of benzene rings is 2. The average molecular weight is 500 g/mol. The van der Waals surface area contributed by atoms with Crippen molar-refractivity contribution in [2.45, 2.75) is 58.6 Å². The number of aromatic nitrogens is 2. The number of hydrogen-bond donors (Lipinski definition) is 2. The average Bonchev–Trinajstić information content (AvgIpc) is 2.92. The largest absolute Gasteiger partial charge is 0.390 e. The summed E-state index contributed by atoms with van der Waals surface area (Å²) in [6.07, 6.45) is 4.56. The van der Waals surface area contributed by atoms with E-state index in [9.17, 15) is 5.11 Å². The fourth-order valence-electron chi connectivity index (χ4n) is 4.38. The number of aliphatic imine (C=N–C) groups is 1. The van der Waals surface area contributed by atoms with Gasteiger partial charge >= 0.3 is 0 Å². The maximum Gasteiger partial charge on any atom is 0.223 e. The lowest BCUT2D eigenvalue weighted by Gasteiger charge is -2.35. The molecule has 6 heteroatoms. The van der Waals surface area contributed by atoms with Gasteiger partial charge in [0.25, 0.3) is 0 Å². The van der Waals surface area contributed by atoms with Gasteiger partial charge in [-0.25, -0.2) is 9.97 Å². The van der Waals surface area contributed by atoms with E-state index in [4.69, 9.17) is 0 Å². The minimum absolute atomic E-state index is 0.111. The third-order valence-corrected chi connectivity index (χ3v) is 7.07. The van der Waals surface area contributed by atoms with Crippen molar-refractivity contribution in [2.75, 3.05) is 25.5 Å². The molecule has 6 nitrogen and oxygen atoms in total. The van der Waals surface area contributed by atoms with Crippen molar-refractivity contribution >= 4 is 23.9 Å². The van der Waals surface area contributed by atoms with Gasteiger partial charge in [0.15, 0.2) is 0 Å². The molecule has 2 aromatic carbocycles. The molecule has 4 rings (SSSR count). The van der Waals surface area contributed by atoms with Crippen LogP contribution in [0.25, 0.3) is 11.3 Å². The molecule has 1 atom stereocenters. The van der Waals surface area contributed by atoms with Crippen LogP contribution in [-0.4, -0.2) is 52.4 Å². The summed E-state index contributed by atoms with van der Waals surface area (Å²) in [6.45, 7) is 14.1. The van der Waals surface area contributed by atoms with Crippen molar-refractivity contribution in [1.29, 1.82) is 0 Å². The maximum atomic E-state index is 9.77. The SMILES string of the molecule is C=N/C(=C(\C)c1ccnc(NC(C)c2ccccc2)n1)c1cccc(C)c1.CCC1(O)CCN(C)CC1. The second-order valence-corrected chi connectivity index (χ2v) is 9.92. The Kier molecular flexibility index (Phi) is 10.1. The molecule has 2 N–H and O–H groups in total. The van der Waals surface area contributed by atoms with Gasteiger partial charge in [-0.05, 0) is 71.5 Å². The Bertz CT molecular complexity index is 1180. The van der Waals surface area contributed by atoms with Crippen LogP contribution in [0.3, 0.4) is 0 Å². The summed E-state index contributed by atoms with van der Waals surface area (Å²) < 4.78 is 0. The van der Waals surface area contributed by atoms with Crippen LogP contribution in [0.15, 0.2) is 71.9 Å². The van der Waals surface area contributed by atoms with Crippen molar-refractivity contribution in [3.8, 4) is 0 Å². The molecule has 0 aliphatic carbocycles. The van der Waals surface area contributed by atoms with Crippen LogP contribution in [0.2, 0.25) is 0 Å². The Balaban J connectivity index is 0.000000319. The van der Waals surface area contributed by atoms with Crippen LogP contribution in [-0.2, 0) is 0 Å².